The van der Waals surface area contributed by atoms with Crippen LogP contribution in [0.15, 0.2) is 30.7 Å². The van der Waals surface area contributed by atoms with Crippen LogP contribution in [-0.2, 0) is 0 Å². The van der Waals surface area contributed by atoms with Crippen LogP contribution in [0.1, 0.15) is 5.56 Å². The van der Waals surface area contributed by atoms with Crippen LogP contribution in [0.3, 0.4) is 0 Å². The Labute approximate surface area is 69.9 Å². The van der Waals surface area contributed by atoms with Crippen molar-refractivity contribution < 1.29 is 4.73 Å². The highest BCUT2D eigenvalue weighted by molar-refractivity contribution is 5.77. The summed E-state index contributed by atoms with van der Waals surface area (Å²) in [5, 5.41) is 11.7. The van der Waals surface area contributed by atoms with E-state index in [4.69, 9.17) is 0 Å². The number of hydrogen-bond acceptors (Lipinski definition) is 2. The van der Waals surface area contributed by atoms with Gasteiger partial charge in [0.2, 0.25) is 0 Å². The zero-order valence-electron chi connectivity index (χ0n) is 6.69. The van der Waals surface area contributed by atoms with Crippen molar-refractivity contribution in [3.05, 3.63) is 41.5 Å². The summed E-state index contributed by atoms with van der Waals surface area (Å²) in [5.74, 6) is 0. The van der Waals surface area contributed by atoms with Crippen LogP contribution in [-0.4, -0.2) is 4.98 Å². The summed E-state index contributed by atoms with van der Waals surface area (Å²) in [7, 11) is 0. The number of aryl methyl sites for hydroxylation is 1. The molecule has 0 unspecified atom stereocenters. The Morgan fingerprint density at radius 2 is 2.25 bits per heavy atom. The van der Waals surface area contributed by atoms with Gasteiger partial charge in [-0.05, 0) is 29.6 Å². The van der Waals surface area contributed by atoms with Gasteiger partial charge in [-0.2, -0.15) is 0 Å². The lowest BCUT2D eigenvalue weighted by Crippen LogP contribution is -2.24. The average Bonchev–Trinajstić information content (AvgIpc) is 2.05. The fourth-order valence-corrected chi connectivity index (χ4v) is 1.16. The minimum Gasteiger partial charge on any atom is -0.711 e. The van der Waals surface area contributed by atoms with Gasteiger partial charge in [-0.3, -0.25) is 0 Å². The Morgan fingerprint density at radius 3 is 3.08 bits per heavy atom. The second-order valence-corrected chi connectivity index (χ2v) is 2.80. The van der Waals surface area contributed by atoms with Gasteiger partial charge in [0.25, 0.3) is 6.33 Å². The zero-order chi connectivity index (χ0) is 8.55. The number of rotatable bonds is 0. The third-order valence-electron chi connectivity index (χ3n) is 1.76. The SMILES string of the molecule is Cc1ccc2c[n+]([O-])cnc2c1. The Morgan fingerprint density at radius 1 is 1.42 bits per heavy atom. The minimum absolute atomic E-state index is 0.706. The first-order valence-corrected chi connectivity index (χ1v) is 3.71. The number of benzene rings is 1. The van der Waals surface area contributed by atoms with Crippen LogP contribution in [0.2, 0.25) is 0 Å². The van der Waals surface area contributed by atoms with Gasteiger partial charge in [-0.1, -0.05) is 6.07 Å². The van der Waals surface area contributed by atoms with Crippen LogP contribution >= 0.6 is 0 Å². The molecule has 0 saturated carbocycles. The van der Waals surface area contributed by atoms with Gasteiger partial charge in [-0.15, -0.1) is 0 Å². The normalized spacial score (nSPS) is 10.4. The molecule has 0 N–H and O–H groups in total. The van der Waals surface area contributed by atoms with E-state index in [2.05, 4.69) is 4.98 Å². The van der Waals surface area contributed by atoms with Crippen molar-refractivity contribution in [2.24, 2.45) is 0 Å². The topological polar surface area (TPSA) is 39.8 Å². The molecule has 0 spiro atoms. The van der Waals surface area contributed by atoms with Crippen molar-refractivity contribution in [2.45, 2.75) is 6.92 Å². The molecule has 60 valence electrons. The zero-order valence-corrected chi connectivity index (χ0v) is 6.69. The van der Waals surface area contributed by atoms with Crippen molar-refractivity contribution in [2.75, 3.05) is 0 Å². The molecule has 0 amide bonds. The highest BCUT2D eigenvalue weighted by Gasteiger charge is 1.99. The quantitative estimate of drug-likeness (QED) is 0.428. The molecule has 2 rings (SSSR count). The molecule has 0 fully saturated rings. The van der Waals surface area contributed by atoms with Crippen LogP contribution in [0.4, 0.5) is 0 Å². The van der Waals surface area contributed by atoms with E-state index in [9.17, 15) is 5.21 Å². The fraction of sp³-hybridized carbons (Fsp3) is 0.111. The predicted molar refractivity (Wildman–Crippen MR) is 45.4 cm³/mol. The van der Waals surface area contributed by atoms with Gasteiger partial charge in [0.15, 0.2) is 5.52 Å². The largest absolute Gasteiger partial charge is 0.711 e. The third-order valence-corrected chi connectivity index (χ3v) is 1.76. The van der Waals surface area contributed by atoms with Gasteiger partial charge >= 0.3 is 0 Å². The van der Waals surface area contributed by atoms with Crippen LogP contribution in [0.25, 0.3) is 10.9 Å². The van der Waals surface area contributed by atoms with Gasteiger partial charge < -0.3 is 5.21 Å². The monoisotopic (exact) mass is 160 g/mol. The van der Waals surface area contributed by atoms with E-state index in [0.29, 0.717) is 4.73 Å². The van der Waals surface area contributed by atoms with E-state index in [1.54, 1.807) is 0 Å². The van der Waals surface area contributed by atoms with Crippen LogP contribution in [0.5, 0.6) is 0 Å². The van der Waals surface area contributed by atoms with Crippen molar-refractivity contribution in [1.29, 1.82) is 0 Å². The van der Waals surface area contributed by atoms with Crippen molar-refractivity contribution >= 4 is 10.9 Å². The molecule has 3 nitrogen and oxygen atoms in total. The van der Waals surface area contributed by atoms with Crippen molar-refractivity contribution in [3.63, 3.8) is 0 Å². The highest BCUT2D eigenvalue weighted by Crippen LogP contribution is 2.09. The number of aromatic nitrogens is 2. The van der Waals surface area contributed by atoms with Gasteiger partial charge in [0, 0.05) is 0 Å². The molecule has 3 heteroatoms. The second kappa shape index (κ2) is 2.44. The Kier molecular flexibility index (Phi) is 1.43. The first kappa shape index (κ1) is 7.03. The summed E-state index contributed by atoms with van der Waals surface area (Å²) in [5.41, 5.74) is 2.01. The molecule has 0 aliphatic rings. The minimum atomic E-state index is 0.706. The van der Waals surface area contributed by atoms with E-state index in [1.807, 2.05) is 25.1 Å². The molecule has 0 saturated heterocycles. The van der Waals surface area contributed by atoms with E-state index >= 15 is 0 Å². The fourth-order valence-electron chi connectivity index (χ4n) is 1.16. The molecule has 0 aliphatic heterocycles. The lowest BCUT2D eigenvalue weighted by atomic mass is 10.2. The van der Waals surface area contributed by atoms with E-state index in [0.717, 1.165) is 16.5 Å². The molecule has 1 heterocycles. The lowest BCUT2D eigenvalue weighted by molar-refractivity contribution is -0.607. The number of fused-ring (bicyclic) bond motifs is 1. The van der Waals surface area contributed by atoms with Crippen LogP contribution < -0.4 is 4.73 Å². The summed E-state index contributed by atoms with van der Waals surface area (Å²) in [6, 6.07) is 5.81. The average molecular weight is 160 g/mol. The maximum absolute atomic E-state index is 10.8. The third kappa shape index (κ3) is 1.09. The molecule has 12 heavy (non-hydrogen) atoms. The van der Waals surface area contributed by atoms with E-state index in [-0.39, 0.29) is 0 Å². The maximum atomic E-state index is 10.8. The molecule has 0 atom stereocenters. The first-order valence-electron chi connectivity index (χ1n) is 3.71. The van der Waals surface area contributed by atoms with Crippen LogP contribution in [0, 0.1) is 12.1 Å². The Hall–Kier alpha value is -1.64. The highest BCUT2D eigenvalue weighted by atomic mass is 16.5. The molecule has 0 radical (unpaired) electrons. The number of hydrogen-bond donors (Lipinski definition) is 0. The van der Waals surface area contributed by atoms with Gasteiger partial charge in [0.05, 0.1) is 5.39 Å². The molecule has 2 aromatic rings. The van der Waals surface area contributed by atoms with Gasteiger partial charge in [-0.25, -0.2) is 4.73 Å². The Bertz CT molecular complexity index is 385. The molecule has 0 aliphatic carbocycles. The molecular weight excluding hydrogens is 152 g/mol. The molecule has 1 aromatic heterocycles. The van der Waals surface area contributed by atoms with Crippen molar-refractivity contribution in [1.82, 2.24) is 4.98 Å². The lowest BCUT2D eigenvalue weighted by Gasteiger charge is -1.99. The summed E-state index contributed by atoms with van der Waals surface area (Å²) >= 11 is 0. The standard InChI is InChI=1S/C9H8N2O/c1-7-2-3-8-5-11(12)6-10-9(8)4-7/h2-6H,1H3. The smallest absolute Gasteiger partial charge is 0.289 e. The summed E-state index contributed by atoms with van der Waals surface area (Å²) in [4.78, 5) is 3.99. The summed E-state index contributed by atoms with van der Waals surface area (Å²) in [6.45, 7) is 2.00. The van der Waals surface area contributed by atoms with E-state index < -0.39 is 0 Å². The number of nitrogens with zero attached hydrogens (tertiary/aromatic N) is 2. The summed E-state index contributed by atoms with van der Waals surface area (Å²) < 4.78 is 0.706. The molecule has 0 bridgehead atoms. The Balaban J connectivity index is 2.79. The molecular formula is C9H8N2O. The maximum Gasteiger partial charge on any atom is 0.289 e. The predicted octanol–water partition coefficient (Wildman–Crippen LogP) is 1.18. The van der Waals surface area contributed by atoms with Crippen molar-refractivity contribution in [3.8, 4) is 0 Å². The van der Waals surface area contributed by atoms with E-state index in [1.165, 1.54) is 12.5 Å². The van der Waals surface area contributed by atoms with Gasteiger partial charge in [0.1, 0.15) is 6.20 Å². The molecule has 1 aromatic carbocycles. The first-order chi connectivity index (χ1) is 5.75. The second-order valence-electron chi connectivity index (χ2n) is 2.80. The summed E-state index contributed by atoms with van der Waals surface area (Å²) in [6.07, 6.45) is 2.78.